The van der Waals surface area contributed by atoms with E-state index in [0.717, 1.165) is 4.31 Å². The van der Waals surface area contributed by atoms with Crippen molar-refractivity contribution >= 4 is 23.7 Å². The lowest BCUT2D eigenvalue weighted by atomic mass is 10.0. The van der Waals surface area contributed by atoms with Gasteiger partial charge >= 0.3 is 13.7 Å². The topological polar surface area (TPSA) is 183 Å². The molecule has 0 fully saturated rings. The maximum atomic E-state index is 13.3. The molecule has 2 rings (SSSR count). The smallest absolute Gasteiger partial charge is 0.404 e. The van der Waals surface area contributed by atoms with E-state index in [4.69, 9.17) is 19.3 Å². The lowest BCUT2D eigenvalue weighted by Crippen LogP contribution is -2.50. The molecule has 0 spiro atoms. The van der Waals surface area contributed by atoms with Crippen LogP contribution in [-0.2, 0) is 21.0 Å². The Hall–Kier alpha value is -2.67. The first kappa shape index (κ1) is 30.6. The minimum absolute atomic E-state index is 0.00906. The number of methoxy groups -OCH3 is 1. The van der Waals surface area contributed by atoms with E-state index in [-0.39, 0.29) is 36.1 Å². The molecule has 0 bridgehead atoms. The lowest BCUT2D eigenvalue weighted by molar-refractivity contribution is 0.0980. The summed E-state index contributed by atoms with van der Waals surface area (Å²) in [5.41, 5.74) is 0.578. The minimum atomic E-state index is -4.35. The van der Waals surface area contributed by atoms with Gasteiger partial charge in [0, 0.05) is 13.1 Å². The van der Waals surface area contributed by atoms with Gasteiger partial charge in [0.15, 0.2) is 6.35 Å². The maximum absolute atomic E-state index is 13.3. The molecule has 12 nitrogen and oxygen atoms in total. The van der Waals surface area contributed by atoms with Gasteiger partial charge in [-0.2, -0.15) is 4.31 Å². The van der Waals surface area contributed by atoms with Gasteiger partial charge in [-0.3, -0.25) is 4.57 Å². The summed E-state index contributed by atoms with van der Waals surface area (Å²) in [7, 11) is -6.90. The number of carbonyl (C=O) groups is 1. The summed E-state index contributed by atoms with van der Waals surface area (Å²) < 4.78 is 48.9. The molecule has 0 aliphatic heterocycles. The Bertz CT molecular complexity index is 1170. The monoisotopic (exact) mass is 560 g/mol. The lowest BCUT2D eigenvalue weighted by Gasteiger charge is -2.30. The van der Waals surface area contributed by atoms with Crippen LogP contribution in [0.5, 0.6) is 11.5 Å². The van der Waals surface area contributed by atoms with Crippen molar-refractivity contribution in [2.75, 3.05) is 26.5 Å². The first-order valence-corrected chi connectivity index (χ1v) is 14.5. The molecule has 0 aliphatic carbocycles. The molecule has 0 aliphatic rings. The molecule has 2 atom stereocenters. The SMILES string of the molecule is COc1ccc(S(=O)(=O)N(CC(C)C)C[C@@H](O)[C@H](Cc2ccc(OCP(=O)(O)O)cc2)NC(=O)O)cc1. The van der Waals surface area contributed by atoms with Crippen LogP contribution in [0.2, 0.25) is 0 Å². The summed E-state index contributed by atoms with van der Waals surface area (Å²) in [6, 6.07) is 10.8. The Morgan fingerprint density at radius 2 is 1.59 bits per heavy atom. The number of aliphatic hydroxyl groups is 1. The third kappa shape index (κ3) is 9.95. The van der Waals surface area contributed by atoms with Gasteiger partial charge in [0.05, 0.1) is 24.2 Å². The normalized spacial score (nSPS) is 13.8. The highest BCUT2D eigenvalue weighted by atomic mass is 32.2. The van der Waals surface area contributed by atoms with Crippen molar-refractivity contribution in [3.8, 4) is 11.5 Å². The minimum Gasteiger partial charge on any atom is -0.497 e. The number of amides is 1. The number of carboxylic acid groups (broad SMARTS) is 1. The molecular formula is C23H33N2O10PS. The largest absolute Gasteiger partial charge is 0.497 e. The Balaban J connectivity index is 2.22. The highest BCUT2D eigenvalue weighted by Gasteiger charge is 2.31. The van der Waals surface area contributed by atoms with Gasteiger partial charge in [0.25, 0.3) is 0 Å². The summed E-state index contributed by atoms with van der Waals surface area (Å²) in [6.07, 6.45) is -3.56. The van der Waals surface area contributed by atoms with Crippen LogP contribution in [0, 0.1) is 5.92 Å². The number of aliphatic hydroxyl groups excluding tert-OH is 1. The third-order valence-corrected chi connectivity index (χ3v) is 7.52. The van der Waals surface area contributed by atoms with Gasteiger partial charge in [0.2, 0.25) is 10.0 Å². The van der Waals surface area contributed by atoms with Crippen LogP contribution >= 0.6 is 7.60 Å². The van der Waals surface area contributed by atoms with E-state index in [2.05, 4.69) is 5.32 Å². The Kier molecular flexibility index (Phi) is 10.9. The molecular weight excluding hydrogens is 527 g/mol. The van der Waals surface area contributed by atoms with E-state index < -0.39 is 42.2 Å². The summed E-state index contributed by atoms with van der Waals surface area (Å²) in [4.78, 5) is 29.3. The fourth-order valence-electron chi connectivity index (χ4n) is 3.49. The zero-order valence-corrected chi connectivity index (χ0v) is 22.4. The highest BCUT2D eigenvalue weighted by Crippen LogP contribution is 2.34. The van der Waals surface area contributed by atoms with Crippen molar-refractivity contribution < 1.29 is 47.3 Å². The van der Waals surface area contributed by atoms with E-state index in [1.165, 1.54) is 43.5 Å². The van der Waals surface area contributed by atoms with Crippen LogP contribution in [0.25, 0.3) is 0 Å². The molecule has 0 aromatic heterocycles. The van der Waals surface area contributed by atoms with Gasteiger partial charge in [0.1, 0.15) is 11.5 Å². The summed E-state index contributed by atoms with van der Waals surface area (Å²) in [5, 5.41) is 22.5. The maximum Gasteiger partial charge on any atom is 0.404 e. The zero-order valence-electron chi connectivity index (χ0n) is 20.7. The van der Waals surface area contributed by atoms with Gasteiger partial charge in [-0.15, -0.1) is 0 Å². The molecule has 0 saturated carbocycles. The van der Waals surface area contributed by atoms with Crippen LogP contribution in [0.4, 0.5) is 4.79 Å². The Labute approximate surface area is 216 Å². The molecule has 2 aromatic carbocycles. The number of hydrogen-bond donors (Lipinski definition) is 5. The van der Waals surface area contributed by atoms with Crippen LogP contribution in [-0.4, -0.2) is 77.5 Å². The number of nitrogens with zero attached hydrogens (tertiary/aromatic N) is 1. The van der Waals surface area contributed by atoms with Crippen LogP contribution in [0.1, 0.15) is 19.4 Å². The van der Waals surface area contributed by atoms with E-state index in [1.54, 1.807) is 12.1 Å². The molecule has 1 amide bonds. The molecule has 0 radical (unpaired) electrons. The van der Waals surface area contributed by atoms with Crippen molar-refractivity contribution in [2.45, 2.75) is 37.3 Å². The first-order valence-electron chi connectivity index (χ1n) is 11.3. The molecule has 14 heteroatoms. The van der Waals surface area contributed by atoms with Gasteiger partial charge in [-0.05, 0) is 54.3 Å². The number of sulfonamides is 1. The van der Waals surface area contributed by atoms with Crippen LogP contribution in [0.15, 0.2) is 53.4 Å². The van der Waals surface area contributed by atoms with E-state index >= 15 is 0 Å². The predicted molar refractivity (Wildman–Crippen MR) is 135 cm³/mol. The average Bonchev–Trinajstić information content (AvgIpc) is 2.81. The van der Waals surface area contributed by atoms with Gasteiger partial charge in [-0.25, -0.2) is 13.2 Å². The number of benzene rings is 2. The van der Waals surface area contributed by atoms with E-state index in [9.17, 15) is 28.0 Å². The fraction of sp³-hybridized carbons (Fsp3) is 0.435. The van der Waals surface area contributed by atoms with Crippen LogP contribution in [0.3, 0.4) is 0 Å². The second-order valence-corrected chi connectivity index (χ2v) is 12.3. The first-order chi connectivity index (χ1) is 17.2. The second kappa shape index (κ2) is 13.2. The summed E-state index contributed by atoms with van der Waals surface area (Å²) in [6.45, 7) is 3.38. The van der Waals surface area contributed by atoms with Crippen molar-refractivity contribution in [1.82, 2.24) is 9.62 Å². The van der Waals surface area contributed by atoms with Crippen molar-refractivity contribution in [1.29, 1.82) is 0 Å². The average molecular weight is 561 g/mol. The van der Waals surface area contributed by atoms with Crippen molar-refractivity contribution in [3.05, 3.63) is 54.1 Å². The fourth-order valence-corrected chi connectivity index (χ4v) is 5.43. The molecule has 37 heavy (non-hydrogen) atoms. The summed E-state index contributed by atoms with van der Waals surface area (Å²) >= 11 is 0. The van der Waals surface area contributed by atoms with E-state index in [0.29, 0.717) is 11.3 Å². The van der Waals surface area contributed by atoms with Crippen molar-refractivity contribution in [2.24, 2.45) is 5.92 Å². The number of rotatable bonds is 14. The van der Waals surface area contributed by atoms with E-state index in [1.807, 2.05) is 13.8 Å². The standard InChI is InChI=1S/C23H33N2O10PS/c1-16(2)13-25(37(32,33)20-10-8-18(34-3)9-11-20)14-22(26)21(24-23(27)28)12-17-4-6-19(7-5-17)35-15-36(29,30)31/h4-11,16,21-22,24,26H,12-15H2,1-3H3,(H,27,28)(H2,29,30,31)/t21-,22+/m0/s1. The molecule has 2 aromatic rings. The number of hydrogen-bond acceptors (Lipinski definition) is 7. The van der Waals surface area contributed by atoms with Gasteiger partial charge in [-0.1, -0.05) is 26.0 Å². The zero-order chi connectivity index (χ0) is 27.8. The van der Waals surface area contributed by atoms with Crippen LogP contribution < -0.4 is 14.8 Å². The summed E-state index contributed by atoms with van der Waals surface area (Å²) in [5.74, 6) is 0.606. The molecule has 5 N–H and O–H groups in total. The Morgan fingerprint density at radius 1 is 1.03 bits per heavy atom. The number of nitrogens with one attached hydrogen (secondary N) is 1. The second-order valence-electron chi connectivity index (χ2n) is 8.80. The number of ether oxygens (including phenoxy) is 2. The molecule has 0 saturated heterocycles. The highest BCUT2D eigenvalue weighted by molar-refractivity contribution is 7.89. The predicted octanol–water partition coefficient (Wildman–Crippen LogP) is 2.10. The molecule has 0 heterocycles. The molecule has 0 unspecified atom stereocenters. The quantitative estimate of drug-likeness (QED) is 0.215. The molecule has 206 valence electrons. The van der Waals surface area contributed by atoms with Crippen molar-refractivity contribution in [3.63, 3.8) is 0 Å². The Morgan fingerprint density at radius 3 is 2.08 bits per heavy atom. The van der Waals surface area contributed by atoms with Gasteiger partial charge < -0.3 is 34.8 Å². The third-order valence-electron chi connectivity index (χ3n) is 5.21.